The predicted molar refractivity (Wildman–Crippen MR) is 48.0 cm³/mol. The van der Waals surface area contributed by atoms with Gasteiger partial charge in [0.15, 0.2) is 0 Å². The van der Waals surface area contributed by atoms with Crippen LogP contribution in [-0.2, 0) is 5.41 Å². The van der Waals surface area contributed by atoms with Crippen molar-refractivity contribution >= 4 is 11.6 Å². The molecule has 0 aromatic heterocycles. The average Bonchev–Trinajstić information content (AvgIpc) is 2.86. The van der Waals surface area contributed by atoms with Gasteiger partial charge in [0.25, 0.3) is 0 Å². The van der Waals surface area contributed by atoms with Crippen LogP contribution in [0, 0.1) is 5.82 Å². The molecule has 0 N–H and O–H groups in total. The molecule has 1 aliphatic rings. The Morgan fingerprint density at radius 3 is 2.25 bits per heavy atom. The molecule has 1 saturated carbocycles. The number of alkyl halides is 1. The lowest BCUT2D eigenvalue weighted by atomic mass is 9.98. The Labute approximate surface area is 76.4 Å². The van der Waals surface area contributed by atoms with Crippen LogP contribution in [0.2, 0.25) is 0 Å². The van der Waals surface area contributed by atoms with Gasteiger partial charge in [-0.3, -0.25) is 0 Å². The van der Waals surface area contributed by atoms with E-state index in [2.05, 4.69) is 0 Å². The summed E-state index contributed by atoms with van der Waals surface area (Å²) in [4.78, 5) is 0. The molecule has 0 atom stereocenters. The molecule has 0 aliphatic heterocycles. The van der Waals surface area contributed by atoms with Crippen LogP contribution < -0.4 is 0 Å². The second kappa shape index (κ2) is 2.74. The Kier molecular flexibility index (Phi) is 1.84. The van der Waals surface area contributed by atoms with Gasteiger partial charge in [-0.05, 0) is 30.5 Å². The molecular formula is C10H10ClF. The molecule has 12 heavy (non-hydrogen) atoms. The van der Waals surface area contributed by atoms with Gasteiger partial charge in [0.1, 0.15) is 5.82 Å². The average molecular weight is 185 g/mol. The summed E-state index contributed by atoms with van der Waals surface area (Å²) >= 11 is 5.84. The molecule has 1 aliphatic carbocycles. The summed E-state index contributed by atoms with van der Waals surface area (Å²) < 4.78 is 12.6. The lowest BCUT2D eigenvalue weighted by Crippen LogP contribution is -2.07. The molecule has 0 bridgehead atoms. The summed E-state index contributed by atoms with van der Waals surface area (Å²) in [6.45, 7) is 0. The second-order valence-electron chi connectivity index (χ2n) is 3.42. The highest BCUT2D eigenvalue weighted by atomic mass is 35.5. The monoisotopic (exact) mass is 184 g/mol. The van der Waals surface area contributed by atoms with Crippen molar-refractivity contribution in [2.24, 2.45) is 0 Å². The molecule has 0 amide bonds. The van der Waals surface area contributed by atoms with Gasteiger partial charge in [0, 0.05) is 11.3 Å². The Morgan fingerprint density at radius 1 is 1.25 bits per heavy atom. The van der Waals surface area contributed by atoms with Crippen LogP contribution in [0.5, 0.6) is 0 Å². The van der Waals surface area contributed by atoms with Gasteiger partial charge in [-0.2, -0.15) is 0 Å². The Morgan fingerprint density at radius 2 is 1.83 bits per heavy atom. The zero-order valence-corrected chi connectivity index (χ0v) is 7.44. The van der Waals surface area contributed by atoms with Gasteiger partial charge >= 0.3 is 0 Å². The zero-order valence-electron chi connectivity index (χ0n) is 6.69. The van der Waals surface area contributed by atoms with Crippen LogP contribution >= 0.6 is 11.6 Å². The van der Waals surface area contributed by atoms with E-state index in [4.69, 9.17) is 11.6 Å². The van der Waals surface area contributed by atoms with Crippen molar-refractivity contribution in [2.45, 2.75) is 18.3 Å². The summed E-state index contributed by atoms with van der Waals surface area (Å²) in [6.07, 6.45) is 2.28. The molecule has 0 nitrogen and oxygen atoms in total. The number of halogens is 2. The maximum atomic E-state index is 12.6. The van der Waals surface area contributed by atoms with Crippen molar-refractivity contribution in [3.63, 3.8) is 0 Å². The maximum absolute atomic E-state index is 12.6. The molecule has 0 radical (unpaired) electrons. The summed E-state index contributed by atoms with van der Waals surface area (Å²) in [5, 5.41) is 0. The van der Waals surface area contributed by atoms with Crippen LogP contribution in [0.25, 0.3) is 0 Å². The molecule has 0 spiro atoms. The van der Waals surface area contributed by atoms with Gasteiger partial charge in [-0.15, -0.1) is 11.6 Å². The largest absolute Gasteiger partial charge is 0.207 e. The Hall–Kier alpha value is -0.560. The van der Waals surface area contributed by atoms with Crippen molar-refractivity contribution in [2.75, 3.05) is 5.88 Å². The molecule has 1 fully saturated rings. The highest BCUT2D eigenvalue weighted by molar-refractivity contribution is 6.19. The van der Waals surface area contributed by atoms with Crippen LogP contribution in [0.4, 0.5) is 4.39 Å². The minimum Gasteiger partial charge on any atom is -0.207 e. The standard InChI is InChI=1S/C10H10ClF/c11-7-10(5-6-10)8-1-3-9(12)4-2-8/h1-4H,5-7H2. The molecular weight excluding hydrogens is 175 g/mol. The first kappa shape index (κ1) is 8.06. The Bertz CT molecular complexity index is 274. The molecule has 1 aromatic rings. The van der Waals surface area contributed by atoms with Crippen LogP contribution in [0.1, 0.15) is 18.4 Å². The predicted octanol–water partition coefficient (Wildman–Crippen LogP) is 3.10. The third-order valence-electron chi connectivity index (χ3n) is 2.57. The molecule has 2 rings (SSSR count). The van der Waals surface area contributed by atoms with Crippen LogP contribution in [-0.4, -0.2) is 5.88 Å². The summed E-state index contributed by atoms with van der Waals surface area (Å²) in [7, 11) is 0. The van der Waals surface area contributed by atoms with E-state index in [0.29, 0.717) is 5.88 Å². The Balaban J connectivity index is 2.29. The third kappa shape index (κ3) is 1.22. The highest BCUT2D eigenvalue weighted by Gasteiger charge is 2.43. The molecule has 2 heteroatoms. The number of hydrogen-bond donors (Lipinski definition) is 0. The highest BCUT2D eigenvalue weighted by Crippen LogP contribution is 2.48. The minimum absolute atomic E-state index is 0.176. The molecule has 0 heterocycles. The molecule has 1 aromatic carbocycles. The fourth-order valence-electron chi connectivity index (χ4n) is 1.45. The summed E-state index contributed by atoms with van der Waals surface area (Å²) in [5.41, 5.74) is 1.36. The first-order valence-corrected chi connectivity index (χ1v) is 4.62. The van der Waals surface area contributed by atoms with Gasteiger partial charge in [0.05, 0.1) is 0 Å². The maximum Gasteiger partial charge on any atom is 0.123 e. The number of hydrogen-bond acceptors (Lipinski definition) is 0. The number of benzene rings is 1. The lowest BCUT2D eigenvalue weighted by Gasteiger charge is -2.10. The first-order valence-electron chi connectivity index (χ1n) is 4.09. The summed E-state index contributed by atoms with van der Waals surface area (Å²) in [6, 6.07) is 6.68. The van der Waals surface area contributed by atoms with E-state index in [-0.39, 0.29) is 11.2 Å². The summed E-state index contributed by atoms with van der Waals surface area (Å²) in [5.74, 6) is 0.475. The SMILES string of the molecule is Fc1ccc(C2(CCl)CC2)cc1. The van der Waals surface area contributed by atoms with E-state index in [1.807, 2.05) is 12.1 Å². The minimum atomic E-state index is -0.177. The molecule has 0 unspecified atom stereocenters. The van der Waals surface area contributed by atoms with E-state index >= 15 is 0 Å². The first-order chi connectivity index (χ1) is 5.77. The topological polar surface area (TPSA) is 0 Å². The van der Waals surface area contributed by atoms with E-state index in [1.54, 1.807) is 0 Å². The normalized spacial score (nSPS) is 19.2. The second-order valence-corrected chi connectivity index (χ2v) is 3.69. The zero-order chi connectivity index (χ0) is 8.60. The van der Waals surface area contributed by atoms with Gasteiger partial charge in [-0.1, -0.05) is 12.1 Å². The van der Waals surface area contributed by atoms with E-state index < -0.39 is 0 Å². The van der Waals surface area contributed by atoms with Gasteiger partial charge in [-0.25, -0.2) is 4.39 Å². The van der Waals surface area contributed by atoms with Gasteiger partial charge in [0.2, 0.25) is 0 Å². The molecule has 0 saturated heterocycles. The number of rotatable bonds is 2. The van der Waals surface area contributed by atoms with Crippen molar-refractivity contribution in [1.82, 2.24) is 0 Å². The van der Waals surface area contributed by atoms with Crippen molar-refractivity contribution in [3.05, 3.63) is 35.6 Å². The third-order valence-corrected chi connectivity index (χ3v) is 3.08. The van der Waals surface area contributed by atoms with Crippen LogP contribution in [0.3, 0.4) is 0 Å². The van der Waals surface area contributed by atoms with Crippen molar-refractivity contribution in [3.8, 4) is 0 Å². The van der Waals surface area contributed by atoms with E-state index in [0.717, 1.165) is 12.8 Å². The fourth-order valence-corrected chi connectivity index (χ4v) is 1.88. The quantitative estimate of drug-likeness (QED) is 0.620. The van der Waals surface area contributed by atoms with Crippen LogP contribution in [0.15, 0.2) is 24.3 Å². The van der Waals surface area contributed by atoms with Gasteiger partial charge < -0.3 is 0 Å². The van der Waals surface area contributed by atoms with Crippen molar-refractivity contribution in [1.29, 1.82) is 0 Å². The lowest BCUT2D eigenvalue weighted by molar-refractivity contribution is 0.625. The van der Waals surface area contributed by atoms with E-state index in [9.17, 15) is 4.39 Å². The smallest absolute Gasteiger partial charge is 0.123 e. The van der Waals surface area contributed by atoms with E-state index in [1.165, 1.54) is 17.7 Å². The van der Waals surface area contributed by atoms with Crippen molar-refractivity contribution < 1.29 is 4.39 Å². The fraction of sp³-hybridized carbons (Fsp3) is 0.400. The molecule has 64 valence electrons.